The van der Waals surface area contributed by atoms with Gasteiger partial charge < -0.3 is 9.73 Å². The van der Waals surface area contributed by atoms with Crippen LogP contribution in [-0.2, 0) is 6.54 Å². The van der Waals surface area contributed by atoms with E-state index in [2.05, 4.69) is 37.9 Å². The molecule has 1 aromatic rings. The second-order valence-corrected chi connectivity index (χ2v) is 6.91. The summed E-state index contributed by atoms with van der Waals surface area (Å²) in [5, 5.41) is 3.48. The third-order valence-electron chi connectivity index (χ3n) is 4.39. The maximum absolute atomic E-state index is 5.33. The summed E-state index contributed by atoms with van der Waals surface area (Å²) in [6, 6.07) is 4.56. The molecule has 1 aliphatic rings. The Hall–Kier alpha value is -0.800. The normalized spacial score (nSPS) is 22.8. The lowest BCUT2D eigenvalue weighted by atomic mass is 9.80. The molecule has 1 N–H and O–H groups in total. The van der Waals surface area contributed by atoms with Crippen LogP contribution in [0.4, 0.5) is 0 Å². The Labute approximate surface area is 117 Å². The first-order valence-electron chi connectivity index (χ1n) is 7.44. The third kappa shape index (κ3) is 4.08. The van der Waals surface area contributed by atoms with E-state index in [-0.39, 0.29) is 0 Å². The van der Waals surface area contributed by atoms with Gasteiger partial charge in [-0.3, -0.25) is 4.90 Å². The summed E-state index contributed by atoms with van der Waals surface area (Å²) in [6.45, 7) is 13.7. The molecule has 0 saturated carbocycles. The van der Waals surface area contributed by atoms with Crippen LogP contribution in [0, 0.1) is 11.3 Å². The van der Waals surface area contributed by atoms with Crippen LogP contribution >= 0.6 is 0 Å². The molecule has 0 bridgehead atoms. The molecule has 0 aromatic carbocycles. The lowest BCUT2D eigenvalue weighted by molar-refractivity contribution is 0.199. The van der Waals surface area contributed by atoms with E-state index in [4.69, 9.17) is 4.42 Å². The topological polar surface area (TPSA) is 28.4 Å². The summed E-state index contributed by atoms with van der Waals surface area (Å²) >= 11 is 0. The van der Waals surface area contributed by atoms with Crippen LogP contribution in [0.5, 0.6) is 0 Å². The molecule has 19 heavy (non-hydrogen) atoms. The fraction of sp³-hybridized carbons (Fsp3) is 0.750. The van der Waals surface area contributed by atoms with Crippen LogP contribution in [0.15, 0.2) is 22.8 Å². The number of nitrogens with zero attached hydrogens (tertiary/aromatic N) is 1. The standard InChI is InChI=1S/C16H28N2O/c1-13(10-17-11-15-6-5-9-19-15)18-8-7-14(12-18)16(2,3)4/h5-6,9,13-14,17H,7-8,10-12H2,1-4H3. The van der Waals surface area contributed by atoms with E-state index < -0.39 is 0 Å². The molecule has 1 saturated heterocycles. The number of rotatable bonds is 5. The number of furan rings is 1. The van der Waals surface area contributed by atoms with E-state index in [0.29, 0.717) is 11.5 Å². The first-order chi connectivity index (χ1) is 8.97. The Morgan fingerprint density at radius 2 is 2.26 bits per heavy atom. The zero-order chi connectivity index (χ0) is 13.9. The Morgan fingerprint density at radius 3 is 2.84 bits per heavy atom. The zero-order valence-electron chi connectivity index (χ0n) is 12.8. The van der Waals surface area contributed by atoms with Gasteiger partial charge in [-0.2, -0.15) is 0 Å². The van der Waals surface area contributed by atoms with Gasteiger partial charge in [0.25, 0.3) is 0 Å². The Morgan fingerprint density at radius 1 is 1.47 bits per heavy atom. The number of likely N-dealkylation sites (tertiary alicyclic amines) is 1. The average Bonchev–Trinajstić information content (AvgIpc) is 2.99. The molecule has 108 valence electrons. The van der Waals surface area contributed by atoms with Crippen molar-refractivity contribution < 1.29 is 4.42 Å². The quantitative estimate of drug-likeness (QED) is 0.885. The lowest BCUT2D eigenvalue weighted by Crippen LogP contribution is -2.39. The molecule has 0 spiro atoms. The van der Waals surface area contributed by atoms with Crippen molar-refractivity contribution in [2.75, 3.05) is 19.6 Å². The van der Waals surface area contributed by atoms with Crippen LogP contribution in [0.1, 0.15) is 39.9 Å². The molecular weight excluding hydrogens is 236 g/mol. The molecule has 1 fully saturated rings. The first kappa shape index (κ1) is 14.6. The van der Waals surface area contributed by atoms with Crippen LogP contribution in [0.2, 0.25) is 0 Å². The minimum Gasteiger partial charge on any atom is -0.468 e. The fourth-order valence-corrected chi connectivity index (χ4v) is 2.84. The summed E-state index contributed by atoms with van der Waals surface area (Å²) in [6.07, 6.45) is 3.07. The maximum Gasteiger partial charge on any atom is 0.117 e. The summed E-state index contributed by atoms with van der Waals surface area (Å²) < 4.78 is 5.33. The van der Waals surface area contributed by atoms with Gasteiger partial charge in [0, 0.05) is 19.1 Å². The van der Waals surface area contributed by atoms with Gasteiger partial charge in [-0.1, -0.05) is 20.8 Å². The predicted octanol–water partition coefficient (Wildman–Crippen LogP) is 3.13. The van der Waals surface area contributed by atoms with Gasteiger partial charge in [0.15, 0.2) is 0 Å². The second kappa shape index (κ2) is 6.10. The van der Waals surface area contributed by atoms with Crippen molar-refractivity contribution in [2.45, 2.75) is 46.7 Å². The Bertz CT molecular complexity index is 367. The van der Waals surface area contributed by atoms with E-state index in [1.54, 1.807) is 6.26 Å². The molecule has 2 rings (SSSR count). The van der Waals surface area contributed by atoms with Crippen LogP contribution in [0.3, 0.4) is 0 Å². The highest BCUT2D eigenvalue weighted by Gasteiger charge is 2.33. The summed E-state index contributed by atoms with van der Waals surface area (Å²) in [5.41, 5.74) is 0.441. The number of hydrogen-bond acceptors (Lipinski definition) is 3. The van der Waals surface area contributed by atoms with E-state index >= 15 is 0 Å². The second-order valence-electron chi connectivity index (χ2n) is 6.91. The van der Waals surface area contributed by atoms with Gasteiger partial charge in [-0.25, -0.2) is 0 Å². The zero-order valence-corrected chi connectivity index (χ0v) is 12.8. The SMILES string of the molecule is CC(CNCc1ccco1)N1CCC(C(C)(C)C)C1. The first-order valence-corrected chi connectivity index (χ1v) is 7.44. The van der Waals surface area contributed by atoms with Gasteiger partial charge in [0.2, 0.25) is 0 Å². The molecule has 2 unspecified atom stereocenters. The summed E-state index contributed by atoms with van der Waals surface area (Å²) in [4.78, 5) is 2.62. The van der Waals surface area contributed by atoms with Crippen molar-refractivity contribution in [1.82, 2.24) is 10.2 Å². The Kier molecular flexibility index (Phi) is 4.69. The van der Waals surface area contributed by atoms with Gasteiger partial charge >= 0.3 is 0 Å². The lowest BCUT2D eigenvalue weighted by Gasteiger charge is -2.29. The number of hydrogen-bond donors (Lipinski definition) is 1. The fourth-order valence-electron chi connectivity index (χ4n) is 2.84. The van der Waals surface area contributed by atoms with Crippen LogP contribution in [-0.4, -0.2) is 30.6 Å². The molecule has 2 heterocycles. The van der Waals surface area contributed by atoms with Crippen molar-refractivity contribution in [3.63, 3.8) is 0 Å². The largest absolute Gasteiger partial charge is 0.468 e. The van der Waals surface area contributed by atoms with Crippen molar-refractivity contribution in [3.8, 4) is 0 Å². The van der Waals surface area contributed by atoms with E-state index in [9.17, 15) is 0 Å². The van der Waals surface area contributed by atoms with Gasteiger partial charge in [0.05, 0.1) is 12.8 Å². The summed E-state index contributed by atoms with van der Waals surface area (Å²) in [7, 11) is 0. The molecule has 3 heteroatoms. The predicted molar refractivity (Wildman–Crippen MR) is 79.0 cm³/mol. The molecule has 1 aromatic heterocycles. The van der Waals surface area contributed by atoms with E-state index in [1.807, 2.05) is 12.1 Å². The highest BCUT2D eigenvalue weighted by molar-refractivity contribution is 4.97. The van der Waals surface area contributed by atoms with Crippen molar-refractivity contribution in [3.05, 3.63) is 24.2 Å². The molecule has 3 nitrogen and oxygen atoms in total. The summed E-state index contributed by atoms with van der Waals surface area (Å²) in [5.74, 6) is 1.85. The van der Waals surface area contributed by atoms with Crippen LogP contribution in [0.25, 0.3) is 0 Å². The molecule has 0 aliphatic carbocycles. The molecule has 1 aliphatic heterocycles. The average molecular weight is 264 g/mol. The van der Waals surface area contributed by atoms with Crippen LogP contribution < -0.4 is 5.32 Å². The van der Waals surface area contributed by atoms with Crippen molar-refractivity contribution in [2.24, 2.45) is 11.3 Å². The van der Waals surface area contributed by atoms with Gasteiger partial charge in [0.1, 0.15) is 5.76 Å². The monoisotopic (exact) mass is 264 g/mol. The number of nitrogens with one attached hydrogen (secondary N) is 1. The molecule has 2 atom stereocenters. The van der Waals surface area contributed by atoms with Gasteiger partial charge in [-0.05, 0) is 43.4 Å². The highest BCUT2D eigenvalue weighted by atomic mass is 16.3. The van der Waals surface area contributed by atoms with Gasteiger partial charge in [-0.15, -0.1) is 0 Å². The molecular formula is C16H28N2O. The molecule has 0 radical (unpaired) electrons. The Balaban J connectivity index is 1.71. The minimum absolute atomic E-state index is 0.441. The van der Waals surface area contributed by atoms with Crippen molar-refractivity contribution in [1.29, 1.82) is 0 Å². The van der Waals surface area contributed by atoms with Crippen molar-refractivity contribution >= 4 is 0 Å². The highest BCUT2D eigenvalue weighted by Crippen LogP contribution is 2.34. The maximum atomic E-state index is 5.33. The smallest absolute Gasteiger partial charge is 0.117 e. The van der Waals surface area contributed by atoms with E-state index in [0.717, 1.165) is 24.8 Å². The molecule has 0 amide bonds. The third-order valence-corrected chi connectivity index (χ3v) is 4.39. The van der Waals surface area contributed by atoms with E-state index in [1.165, 1.54) is 19.5 Å². The minimum atomic E-state index is 0.441.